The minimum Gasteiger partial charge on any atom is -0.335 e. The SMILES string of the molecule is C=CC(NC(=O)c1ccccc1)(c1ccc(F)cc1)c1ccc(F)cc1. The van der Waals surface area contributed by atoms with Crippen molar-refractivity contribution in [2.24, 2.45) is 0 Å². The Morgan fingerprint density at radius 3 is 1.69 bits per heavy atom. The van der Waals surface area contributed by atoms with Crippen LogP contribution in [-0.4, -0.2) is 5.91 Å². The molecule has 0 unspecified atom stereocenters. The van der Waals surface area contributed by atoms with Crippen molar-refractivity contribution in [3.63, 3.8) is 0 Å². The highest BCUT2D eigenvalue weighted by molar-refractivity contribution is 5.95. The summed E-state index contributed by atoms with van der Waals surface area (Å²) in [5, 5.41) is 2.97. The van der Waals surface area contributed by atoms with Gasteiger partial charge in [0.2, 0.25) is 0 Å². The van der Waals surface area contributed by atoms with Crippen LogP contribution in [0.3, 0.4) is 0 Å². The van der Waals surface area contributed by atoms with E-state index in [0.29, 0.717) is 16.7 Å². The van der Waals surface area contributed by atoms with Crippen LogP contribution in [0.5, 0.6) is 0 Å². The van der Waals surface area contributed by atoms with Crippen LogP contribution in [-0.2, 0) is 5.54 Å². The Morgan fingerprint density at radius 1 is 0.808 bits per heavy atom. The second-order valence-corrected chi connectivity index (χ2v) is 5.85. The molecule has 0 saturated heterocycles. The predicted octanol–water partition coefficient (Wildman–Crippen LogP) is 4.82. The second-order valence-electron chi connectivity index (χ2n) is 5.85. The summed E-state index contributed by atoms with van der Waals surface area (Å²) < 4.78 is 26.8. The lowest BCUT2D eigenvalue weighted by molar-refractivity contribution is 0.0927. The lowest BCUT2D eigenvalue weighted by Crippen LogP contribution is -2.45. The number of carbonyl (C=O) groups excluding carboxylic acids is 1. The van der Waals surface area contributed by atoms with E-state index in [-0.39, 0.29) is 17.5 Å². The molecule has 3 aromatic rings. The molecule has 4 heteroatoms. The highest BCUT2D eigenvalue weighted by Gasteiger charge is 2.33. The first-order valence-electron chi connectivity index (χ1n) is 8.08. The van der Waals surface area contributed by atoms with Gasteiger partial charge in [-0.3, -0.25) is 4.79 Å². The molecule has 3 aromatic carbocycles. The van der Waals surface area contributed by atoms with E-state index in [1.807, 2.05) is 6.07 Å². The molecule has 0 aromatic heterocycles. The van der Waals surface area contributed by atoms with E-state index < -0.39 is 5.54 Å². The van der Waals surface area contributed by atoms with Crippen molar-refractivity contribution in [3.8, 4) is 0 Å². The van der Waals surface area contributed by atoms with Gasteiger partial charge in [-0.2, -0.15) is 0 Å². The maximum absolute atomic E-state index is 13.4. The predicted molar refractivity (Wildman–Crippen MR) is 97.7 cm³/mol. The Balaban J connectivity index is 2.11. The van der Waals surface area contributed by atoms with Crippen LogP contribution in [0.2, 0.25) is 0 Å². The van der Waals surface area contributed by atoms with Crippen LogP contribution in [0.1, 0.15) is 21.5 Å². The fraction of sp³-hybridized carbons (Fsp3) is 0.0455. The monoisotopic (exact) mass is 349 g/mol. The van der Waals surface area contributed by atoms with Crippen LogP contribution in [0.15, 0.2) is 91.5 Å². The number of benzene rings is 3. The van der Waals surface area contributed by atoms with Gasteiger partial charge in [0.1, 0.15) is 17.2 Å². The molecule has 0 heterocycles. The standard InChI is InChI=1S/C22H17F2NO/c1-2-22(17-8-12-19(23)13-9-17,18-10-14-20(24)15-11-18)25-21(26)16-6-4-3-5-7-16/h2-15H,1H2,(H,25,26). The zero-order valence-electron chi connectivity index (χ0n) is 14.0. The largest absolute Gasteiger partial charge is 0.335 e. The number of carbonyl (C=O) groups is 1. The summed E-state index contributed by atoms with van der Waals surface area (Å²) in [4.78, 5) is 12.8. The second kappa shape index (κ2) is 7.31. The van der Waals surface area contributed by atoms with Gasteiger partial charge in [-0.1, -0.05) is 48.5 Å². The molecule has 0 spiro atoms. The van der Waals surface area contributed by atoms with Crippen LogP contribution < -0.4 is 5.32 Å². The third-order valence-electron chi connectivity index (χ3n) is 4.25. The molecular formula is C22H17F2NO. The van der Waals surface area contributed by atoms with Gasteiger partial charge in [-0.25, -0.2) is 8.78 Å². The molecule has 0 aliphatic heterocycles. The van der Waals surface area contributed by atoms with Crippen molar-refractivity contribution in [3.05, 3.63) is 120 Å². The number of nitrogens with one attached hydrogen (secondary N) is 1. The van der Waals surface area contributed by atoms with Gasteiger partial charge in [0.05, 0.1) is 0 Å². The van der Waals surface area contributed by atoms with Crippen LogP contribution in [0.4, 0.5) is 8.78 Å². The summed E-state index contributed by atoms with van der Waals surface area (Å²) in [6.45, 7) is 3.88. The first-order valence-corrected chi connectivity index (χ1v) is 8.08. The zero-order valence-corrected chi connectivity index (χ0v) is 14.0. The van der Waals surface area contributed by atoms with E-state index >= 15 is 0 Å². The van der Waals surface area contributed by atoms with E-state index in [4.69, 9.17) is 0 Å². The maximum Gasteiger partial charge on any atom is 0.252 e. The Kier molecular flexibility index (Phi) is 4.94. The molecule has 0 radical (unpaired) electrons. The number of halogens is 2. The normalized spacial score (nSPS) is 11.0. The molecular weight excluding hydrogens is 332 g/mol. The highest BCUT2D eigenvalue weighted by Crippen LogP contribution is 2.32. The molecule has 0 atom stereocenters. The smallest absolute Gasteiger partial charge is 0.252 e. The summed E-state index contributed by atoms with van der Waals surface area (Å²) in [5.74, 6) is -1.10. The molecule has 0 aliphatic carbocycles. The summed E-state index contributed by atoms with van der Waals surface area (Å²) in [7, 11) is 0. The van der Waals surface area contributed by atoms with Crippen molar-refractivity contribution in [1.29, 1.82) is 0 Å². The van der Waals surface area contributed by atoms with Crippen molar-refractivity contribution in [2.75, 3.05) is 0 Å². The lowest BCUT2D eigenvalue weighted by atomic mass is 9.82. The molecule has 1 amide bonds. The fourth-order valence-corrected chi connectivity index (χ4v) is 2.86. The Hall–Kier alpha value is -3.27. The Bertz CT molecular complexity index is 858. The van der Waals surface area contributed by atoms with Crippen molar-refractivity contribution in [1.82, 2.24) is 5.32 Å². The van der Waals surface area contributed by atoms with E-state index in [9.17, 15) is 13.6 Å². The molecule has 0 bridgehead atoms. The van der Waals surface area contributed by atoms with Gasteiger partial charge in [-0.15, -0.1) is 6.58 Å². The van der Waals surface area contributed by atoms with Gasteiger partial charge in [-0.05, 0) is 47.5 Å². The summed E-state index contributed by atoms with van der Waals surface area (Å²) >= 11 is 0. The fourth-order valence-electron chi connectivity index (χ4n) is 2.86. The molecule has 2 nitrogen and oxygen atoms in total. The van der Waals surface area contributed by atoms with Crippen molar-refractivity contribution < 1.29 is 13.6 Å². The third kappa shape index (κ3) is 3.40. The minimum absolute atomic E-state index is 0.320. The molecule has 3 rings (SSSR count). The number of hydrogen-bond acceptors (Lipinski definition) is 1. The summed E-state index contributed by atoms with van der Waals surface area (Å²) in [6, 6.07) is 20.3. The van der Waals surface area contributed by atoms with Crippen molar-refractivity contribution in [2.45, 2.75) is 5.54 Å². The highest BCUT2D eigenvalue weighted by atomic mass is 19.1. The number of hydrogen-bond donors (Lipinski definition) is 1. The first-order chi connectivity index (χ1) is 12.5. The lowest BCUT2D eigenvalue weighted by Gasteiger charge is -2.33. The Labute approximate surface area is 150 Å². The van der Waals surface area contributed by atoms with Gasteiger partial charge in [0.15, 0.2) is 0 Å². The third-order valence-corrected chi connectivity index (χ3v) is 4.25. The topological polar surface area (TPSA) is 29.1 Å². The summed E-state index contributed by atoms with van der Waals surface area (Å²) in [6.07, 6.45) is 1.56. The van der Waals surface area contributed by atoms with Crippen molar-refractivity contribution >= 4 is 5.91 Å². The first kappa shape index (κ1) is 17.5. The summed E-state index contributed by atoms with van der Waals surface area (Å²) in [5.41, 5.74) is 0.575. The van der Waals surface area contributed by atoms with Crippen LogP contribution in [0.25, 0.3) is 0 Å². The van der Waals surface area contributed by atoms with E-state index in [0.717, 1.165) is 0 Å². The van der Waals surface area contributed by atoms with Gasteiger partial charge >= 0.3 is 0 Å². The van der Waals surface area contributed by atoms with Gasteiger partial charge < -0.3 is 5.32 Å². The van der Waals surface area contributed by atoms with Crippen LogP contribution in [0, 0.1) is 11.6 Å². The van der Waals surface area contributed by atoms with Gasteiger partial charge in [0.25, 0.3) is 5.91 Å². The maximum atomic E-state index is 13.4. The quantitative estimate of drug-likeness (QED) is 0.657. The van der Waals surface area contributed by atoms with E-state index in [2.05, 4.69) is 11.9 Å². The van der Waals surface area contributed by atoms with Crippen LogP contribution >= 0.6 is 0 Å². The molecule has 0 saturated carbocycles. The molecule has 0 aliphatic rings. The molecule has 26 heavy (non-hydrogen) atoms. The van der Waals surface area contributed by atoms with Gasteiger partial charge in [0, 0.05) is 5.56 Å². The Morgan fingerprint density at radius 2 is 1.27 bits per heavy atom. The van der Waals surface area contributed by atoms with E-state index in [1.54, 1.807) is 54.6 Å². The molecule has 0 fully saturated rings. The molecule has 1 N–H and O–H groups in total. The average molecular weight is 349 g/mol. The number of amides is 1. The minimum atomic E-state index is -1.13. The van der Waals surface area contributed by atoms with E-state index in [1.165, 1.54) is 24.3 Å². The molecule has 130 valence electrons. The zero-order chi connectivity index (χ0) is 18.6. The number of rotatable bonds is 5. The average Bonchev–Trinajstić information content (AvgIpc) is 2.68.